The Morgan fingerprint density at radius 1 is 1.03 bits per heavy atom. The van der Waals surface area contributed by atoms with Crippen LogP contribution in [-0.4, -0.2) is 76.7 Å². The van der Waals surface area contributed by atoms with Gasteiger partial charge in [0.15, 0.2) is 0 Å². The molecule has 0 saturated carbocycles. The van der Waals surface area contributed by atoms with Gasteiger partial charge >= 0.3 is 0 Å². The van der Waals surface area contributed by atoms with Crippen LogP contribution in [0.1, 0.15) is 30.6 Å². The van der Waals surface area contributed by atoms with Gasteiger partial charge in [-0.1, -0.05) is 23.2 Å². The lowest BCUT2D eigenvalue weighted by Crippen LogP contribution is -2.55. The van der Waals surface area contributed by atoms with Crippen molar-refractivity contribution in [3.63, 3.8) is 0 Å². The highest BCUT2D eigenvalue weighted by Crippen LogP contribution is 2.23. The van der Waals surface area contributed by atoms with Crippen molar-refractivity contribution in [3.05, 3.63) is 56.0 Å². The van der Waals surface area contributed by atoms with Gasteiger partial charge in [-0.15, -0.1) is 11.3 Å². The second kappa shape index (κ2) is 12.7. The number of carbonyl (C=O) groups is 2. The number of amides is 2. The highest BCUT2D eigenvalue weighted by molar-refractivity contribution is 7.92. The highest BCUT2D eigenvalue weighted by Gasteiger charge is 2.35. The maximum atomic E-state index is 13.1. The van der Waals surface area contributed by atoms with E-state index in [1.165, 1.54) is 46.6 Å². The molecule has 1 aromatic carbocycles. The van der Waals surface area contributed by atoms with Gasteiger partial charge in [-0.25, -0.2) is 21.6 Å². The molecule has 2 fully saturated rings. The van der Waals surface area contributed by atoms with Crippen LogP contribution in [0.15, 0.2) is 46.7 Å². The molecule has 2 aliphatic heterocycles. The number of nitrogens with one attached hydrogen (secondary N) is 2. The van der Waals surface area contributed by atoms with E-state index < -0.39 is 32.0 Å². The number of hydrogen-bond acceptors (Lipinski definition) is 7. The number of hydrogen-bond donors (Lipinski definition) is 2. The van der Waals surface area contributed by atoms with Crippen LogP contribution in [0, 0.1) is 0 Å². The summed E-state index contributed by atoms with van der Waals surface area (Å²) in [5.74, 6) is -0.778. The van der Waals surface area contributed by atoms with E-state index in [-0.39, 0.29) is 29.9 Å². The van der Waals surface area contributed by atoms with E-state index in [2.05, 4.69) is 9.44 Å². The maximum Gasteiger partial charge on any atom is 0.242 e. The van der Waals surface area contributed by atoms with Crippen molar-refractivity contribution < 1.29 is 26.4 Å². The van der Waals surface area contributed by atoms with Crippen LogP contribution in [0.4, 0.5) is 0 Å². The Hall–Kier alpha value is -2.00. The first-order valence-electron chi connectivity index (χ1n) is 12.2. The van der Waals surface area contributed by atoms with Crippen LogP contribution in [0.5, 0.6) is 0 Å². The number of piperidine rings is 1. The van der Waals surface area contributed by atoms with Crippen LogP contribution < -0.4 is 9.44 Å². The van der Waals surface area contributed by atoms with Gasteiger partial charge in [0, 0.05) is 41.0 Å². The van der Waals surface area contributed by atoms with Crippen LogP contribution in [-0.2, 0) is 29.6 Å². The topological polar surface area (TPSA) is 133 Å². The van der Waals surface area contributed by atoms with Gasteiger partial charge in [0.2, 0.25) is 31.9 Å². The molecule has 0 spiro atoms. The van der Waals surface area contributed by atoms with Crippen molar-refractivity contribution >= 4 is 72.5 Å². The Morgan fingerprint density at radius 2 is 1.74 bits per heavy atom. The molecule has 2 atom stereocenters. The third kappa shape index (κ3) is 8.03. The average molecular weight is 636 g/mol. The molecule has 2 N–H and O–H groups in total. The molecule has 212 valence electrons. The Kier molecular flexibility index (Phi) is 9.74. The minimum Gasteiger partial charge on any atom is -0.337 e. The highest BCUT2D eigenvalue weighted by atomic mass is 35.5. The third-order valence-electron chi connectivity index (χ3n) is 6.50. The SMILES string of the molecule is O=C1[C@@H](NS(=O)(=O)C=Cc2ccc(Cl)s2)CCCN1CC(=O)N1CCC[C@H]1CNS(=O)(=O)c1ccc(Cl)cc1. The predicted molar refractivity (Wildman–Crippen MR) is 151 cm³/mol. The molecular formula is C24H28Cl2N4O6S3. The first-order chi connectivity index (χ1) is 18.4. The van der Waals surface area contributed by atoms with E-state index in [1.54, 1.807) is 17.0 Å². The van der Waals surface area contributed by atoms with Gasteiger partial charge in [0.1, 0.15) is 6.04 Å². The van der Waals surface area contributed by atoms with Crippen molar-refractivity contribution in [2.75, 3.05) is 26.2 Å². The Morgan fingerprint density at radius 3 is 2.44 bits per heavy atom. The molecule has 0 unspecified atom stereocenters. The zero-order chi connectivity index (χ0) is 28.2. The van der Waals surface area contributed by atoms with Crippen LogP contribution in [0.25, 0.3) is 6.08 Å². The van der Waals surface area contributed by atoms with Crippen molar-refractivity contribution in [2.45, 2.75) is 42.7 Å². The normalized spacial score (nSPS) is 20.7. The van der Waals surface area contributed by atoms with Gasteiger partial charge < -0.3 is 9.80 Å². The first kappa shape index (κ1) is 30.0. The van der Waals surface area contributed by atoms with E-state index in [1.807, 2.05) is 0 Å². The van der Waals surface area contributed by atoms with Gasteiger partial charge in [-0.3, -0.25) is 9.59 Å². The minimum absolute atomic E-state index is 0.0366. The minimum atomic E-state index is -3.91. The summed E-state index contributed by atoms with van der Waals surface area (Å²) < 4.78 is 55.9. The fraction of sp³-hybridized carbons (Fsp3) is 0.417. The van der Waals surface area contributed by atoms with Crippen molar-refractivity contribution in [2.24, 2.45) is 0 Å². The number of benzene rings is 1. The van der Waals surface area contributed by atoms with E-state index >= 15 is 0 Å². The molecule has 2 amide bonds. The summed E-state index contributed by atoms with van der Waals surface area (Å²) in [7, 11) is -7.69. The molecular weight excluding hydrogens is 607 g/mol. The number of thiophene rings is 1. The molecule has 0 bridgehead atoms. The van der Waals surface area contributed by atoms with Crippen LogP contribution in [0.2, 0.25) is 9.36 Å². The average Bonchev–Trinajstić information content (AvgIpc) is 3.53. The number of nitrogens with zero attached hydrogens (tertiary/aromatic N) is 2. The lowest BCUT2D eigenvalue weighted by molar-refractivity contribution is -0.143. The smallest absolute Gasteiger partial charge is 0.242 e. The molecule has 2 saturated heterocycles. The van der Waals surface area contributed by atoms with E-state index in [0.717, 1.165) is 5.41 Å². The molecule has 4 rings (SSSR count). The molecule has 2 aliphatic rings. The van der Waals surface area contributed by atoms with E-state index in [4.69, 9.17) is 23.2 Å². The number of carbonyl (C=O) groups excluding carboxylic acids is 2. The molecule has 3 heterocycles. The van der Waals surface area contributed by atoms with Gasteiger partial charge in [0.25, 0.3) is 0 Å². The van der Waals surface area contributed by atoms with Gasteiger partial charge in [0.05, 0.1) is 15.8 Å². The molecule has 1 aromatic heterocycles. The summed E-state index contributed by atoms with van der Waals surface area (Å²) >= 11 is 12.9. The number of sulfonamides is 2. The Balaban J connectivity index is 1.33. The second-order valence-corrected chi connectivity index (χ2v) is 14.8. The first-order valence-corrected chi connectivity index (χ1v) is 16.8. The zero-order valence-electron chi connectivity index (χ0n) is 20.8. The van der Waals surface area contributed by atoms with Crippen molar-refractivity contribution in [1.82, 2.24) is 19.2 Å². The molecule has 15 heteroatoms. The quantitative estimate of drug-likeness (QED) is 0.413. The predicted octanol–water partition coefficient (Wildman–Crippen LogP) is 2.91. The molecule has 10 nitrogen and oxygen atoms in total. The lowest BCUT2D eigenvalue weighted by Gasteiger charge is -2.34. The Bertz CT molecular complexity index is 1440. The summed E-state index contributed by atoms with van der Waals surface area (Å²) in [5.41, 5.74) is 0. The molecule has 2 aromatic rings. The summed E-state index contributed by atoms with van der Waals surface area (Å²) in [4.78, 5) is 29.8. The van der Waals surface area contributed by atoms with Crippen LogP contribution in [0.3, 0.4) is 0 Å². The monoisotopic (exact) mass is 634 g/mol. The fourth-order valence-corrected chi connectivity index (χ4v) is 7.82. The van der Waals surface area contributed by atoms with E-state index in [0.29, 0.717) is 53.0 Å². The fourth-order valence-electron chi connectivity index (χ4n) is 4.55. The standard InChI is InChI=1S/C24H28Cl2N4O6S3/c25-17-5-8-20(9-6-17)39(35,36)27-15-18-3-1-13-30(18)23(31)16-29-12-2-4-21(24(29)32)28-38(33,34)14-11-19-7-10-22(26)37-19/h5-11,14,18,21,27-28H,1-4,12-13,15-16H2/t18-,21-/m0/s1. The number of likely N-dealkylation sites (tertiary alicyclic amines) is 2. The second-order valence-electron chi connectivity index (χ2n) is 9.25. The number of halogens is 2. The summed E-state index contributed by atoms with van der Waals surface area (Å²) in [5, 5.41) is 1.41. The molecule has 0 aliphatic carbocycles. The molecule has 0 radical (unpaired) electrons. The van der Waals surface area contributed by atoms with Gasteiger partial charge in [-0.2, -0.15) is 4.72 Å². The summed E-state index contributed by atoms with van der Waals surface area (Å²) in [6.45, 7) is 0.603. The third-order valence-corrected chi connectivity index (χ3v) is 10.5. The van der Waals surface area contributed by atoms with Crippen molar-refractivity contribution in [3.8, 4) is 0 Å². The lowest BCUT2D eigenvalue weighted by atomic mass is 10.1. The van der Waals surface area contributed by atoms with E-state index in [9.17, 15) is 26.4 Å². The number of rotatable bonds is 10. The summed E-state index contributed by atoms with van der Waals surface area (Å²) in [6, 6.07) is 7.79. The van der Waals surface area contributed by atoms with Crippen molar-refractivity contribution in [1.29, 1.82) is 0 Å². The largest absolute Gasteiger partial charge is 0.337 e. The maximum absolute atomic E-state index is 13.1. The van der Waals surface area contributed by atoms with Crippen LogP contribution >= 0.6 is 34.5 Å². The Labute approximate surface area is 242 Å². The summed E-state index contributed by atoms with van der Waals surface area (Å²) in [6.07, 6.45) is 3.58. The van der Waals surface area contributed by atoms with Gasteiger partial charge in [-0.05, 0) is 68.2 Å². The molecule has 39 heavy (non-hydrogen) atoms. The zero-order valence-corrected chi connectivity index (χ0v) is 24.7.